The molecule has 0 aliphatic carbocycles. The highest BCUT2D eigenvalue weighted by atomic mass is 16.2. The zero-order valence-electron chi connectivity index (χ0n) is 14.0. The van der Waals surface area contributed by atoms with E-state index in [0.717, 1.165) is 5.56 Å². The summed E-state index contributed by atoms with van der Waals surface area (Å²) in [4.78, 5) is 20.9. The summed E-state index contributed by atoms with van der Waals surface area (Å²) >= 11 is 0. The smallest absolute Gasteiger partial charge is 0.242 e. The van der Waals surface area contributed by atoms with Gasteiger partial charge in [0.15, 0.2) is 0 Å². The molecule has 0 fully saturated rings. The van der Waals surface area contributed by atoms with Crippen molar-refractivity contribution in [1.82, 2.24) is 15.3 Å². The largest absolute Gasteiger partial charge is 0.383 e. The maximum absolute atomic E-state index is 12.1. The molecule has 21 heavy (non-hydrogen) atoms. The van der Waals surface area contributed by atoms with Crippen LogP contribution in [0.2, 0.25) is 0 Å². The molecular weight excluding hydrogens is 266 g/mol. The number of hydrogen-bond acceptors (Lipinski definition) is 5. The van der Waals surface area contributed by atoms with Crippen LogP contribution in [0.25, 0.3) is 0 Å². The second-order valence-electron chi connectivity index (χ2n) is 6.70. The van der Waals surface area contributed by atoms with E-state index < -0.39 is 6.04 Å². The summed E-state index contributed by atoms with van der Waals surface area (Å²) in [6, 6.07) is -0.405. The molecule has 6 nitrogen and oxygen atoms in total. The third-order valence-electron chi connectivity index (χ3n) is 2.96. The van der Waals surface area contributed by atoms with E-state index in [1.807, 2.05) is 41.5 Å². The number of nitrogens with one attached hydrogen (secondary N) is 2. The highest BCUT2D eigenvalue weighted by Gasteiger charge is 2.21. The predicted octanol–water partition coefficient (Wildman–Crippen LogP) is 2.21. The lowest BCUT2D eigenvalue weighted by Crippen LogP contribution is -2.47. The lowest BCUT2D eigenvalue weighted by atomic mass is 10.1. The van der Waals surface area contributed by atoms with Crippen LogP contribution in [0.4, 0.5) is 11.6 Å². The number of nitrogen functional groups attached to an aromatic ring is 1. The highest BCUT2D eigenvalue weighted by molar-refractivity contribution is 5.84. The van der Waals surface area contributed by atoms with Gasteiger partial charge < -0.3 is 16.4 Å². The molecule has 6 heteroatoms. The Labute approximate surface area is 126 Å². The standard InChI is InChI=1S/C15H27N5O/c1-8(2)12-18-11(16)9(3)13(19-12)17-10(4)14(21)20-15(5,6)7/h8,10H,1-7H3,(H,20,21)(H3,16,17,18,19). The third-order valence-corrected chi connectivity index (χ3v) is 2.96. The Kier molecular flexibility index (Phi) is 5.15. The fraction of sp³-hybridized carbons (Fsp3) is 0.667. The molecule has 118 valence electrons. The Balaban J connectivity index is 2.94. The van der Waals surface area contributed by atoms with E-state index in [1.165, 1.54) is 0 Å². The number of amides is 1. The van der Waals surface area contributed by atoms with Gasteiger partial charge in [-0.05, 0) is 34.6 Å². The summed E-state index contributed by atoms with van der Waals surface area (Å²) in [7, 11) is 0. The molecule has 0 spiro atoms. The van der Waals surface area contributed by atoms with E-state index in [-0.39, 0.29) is 17.4 Å². The average Bonchev–Trinajstić information content (AvgIpc) is 2.32. The van der Waals surface area contributed by atoms with Gasteiger partial charge >= 0.3 is 0 Å². The highest BCUT2D eigenvalue weighted by Crippen LogP contribution is 2.21. The van der Waals surface area contributed by atoms with Crippen LogP contribution >= 0.6 is 0 Å². The fourth-order valence-corrected chi connectivity index (χ4v) is 1.70. The van der Waals surface area contributed by atoms with Crippen LogP contribution in [0.15, 0.2) is 0 Å². The van der Waals surface area contributed by atoms with Gasteiger partial charge in [0.1, 0.15) is 23.5 Å². The van der Waals surface area contributed by atoms with Crippen molar-refractivity contribution >= 4 is 17.5 Å². The summed E-state index contributed by atoms with van der Waals surface area (Å²) in [5, 5.41) is 6.06. The fourth-order valence-electron chi connectivity index (χ4n) is 1.70. The minimum atomic E-state index is -0.405. The van der Waals surface area contributed by atoms with Crippen molar-refractivity contribution in [3.8, 4) is 0 Å². The van der Waals surface area contributed by atoms with Crippen LogP contribution in [0.5, 0.6) is 0 Å². The van der Waals surface area contributed by atoms with Crippen molar-refractivity contribution in [2.75, 3.05) is 11.1 Å². The summed E-state index contributed by atoms with van der Waals surface area (Å²) < 4.78 is 0. The van der Waals surface area contributed by atoms with Gasteiger partial charge in [-0.2, -0.15) is 0 Å². The van der Waals surface area contributed by atoms with Gasteiger partial charge in [-0.25, -0.2) is 9.97 Å². The summed E-state index contributed by atoms with van der Waals surface area (Å²) in [6.45, 7) is 13.5. The molecular formula is C15H27N5O. The maximum atomic E-state index is 12.1. The third kappa shape index (κ3) is 4.88. The molecule has 0 bridgehead atoms. The SMILES string of the molecule is Cc1c(N)nc(C(C)C)nc1NC(C)C(=O)NC(C)(C)C. The Morgan fingerprint density at radius 2 is 1.76 bits per heavy atom. The summed E-state index contributed by atoms with van der Waals surface area (Å²) in [5.74, 6) is 1.82. The van der Waals surface area contributed by atoms with Crippen molar-refractivity contribution in [1.29, 1.82) is 0 Å². The second-order valence-corrected chi connectivity index (χ2v) is 6.70. The van der Waals surface area contributed by atoms with Crippen LogP contribution in [0, 0.1) is 6.92 Å². The monoisotopic (exact) mass is 293 g/mol. The van der Waals surface area contributed by atoms with E-state index in [9.17, 15) is 4.79 Å². The number of rotatable bonds is 4. The van der Waals surface area contributed by atoms with Crippen LogP contribution in [0.1, 0.15) is 58.8 Å². The molecule has 1 heterocycles. The van der Waals surface area contributed by atoms with E-state index in [0.29, 0.717) is 17.5 Å². The molecule has 1 rings (SSSR count). The first-order valence-corrected chi connectivity index (χ1v) is 7.24. The Morgan fingerprint density at radius 1 is 1.19 bits per heavy atom. The molecule has 1 amide bonds. The molecule has 0 saturated carbocycles. The molecule has 1 aromatic heterocycles. The summed E-state index contributed by atoms with van der Waals surface area (Å²) in [5.41, 5.74) is 6.41. The van der Waals surface area contributed by atoms with Crippen molar-refractivity contribution in [2.24, 2.45) is 0 Å². The molecule has 4 N–H and O–H groups in total. The zero-order chi connectivity index (χ0) is 16.4. The zero-order valence-corrected chi connectivity index (χ0v) is 14.0. The summed E-state index contributed by atoms with van der Waals surface area (Å²) in [6.07, 6.45) is 0. The maximum Gasteiger partial charge on any atom is 0.242 e. The second kappa shape index (κ2) is 6.28. The first-order chi connectivity index (χ1) is 9.51. The van der Waals surface area contributed by atoms with Gasteiger partial charge in [0, 0.05) is 17.0 Å². The number of anilines is 2. The Morgan fingerprint density at radius 3 is 2.24 bits per heavy atom. The van der Waals surface area contributed by atoms with E-state index in [2.05, 4.69) is 20.6 Å². The first kappa shape index (κ1) is 17.2. The molecule has 1 atom stereocenters. The van der Waals surface area contributed by atoms with Gasteiger partial charge in [-0.15, -0.1) is 0 Å². The van der Waals surface area contributed by atoms with Crippen LogP contribution < -0.4 is 16.4 Å². The van der Waals surface area contributed by atoms with Crippen molar-refractivity contribution in [2.45, 2.75) is 66.0 Å². The van der Waals surface area contributed by atoms with Crippen molar-refractivity contribution < 1.29 is 4.79 Å². The number of nitrogens with zero attached hydrogens (tertiary/aromatic N) is 2. The van der Waals surface area contributed by atoms with Gasteiger partial charge in [-0.3, -0.25) is 4.79 Å². The van der Waals surface area contributed by atoms with Gasteiger partial charge in [0.25, 0.3) is 0 Å². The van der Waals surface area contributed by atoms with E-state index >= 15 is 0 Å². The van der Waals surface area contributed by atoms with Crippen molar-refractivity contribution in [3.05, 3.63) is 11.4 Å². The van der Waals surface area contributed by atoms with E-state index in [4.69, 9.17) is 5.73 Å². The molecule has 1 unspecified atom stereocenters. The molecule has 1 aromatic rings. The normalized spacial score (nSPS) is 13.1. The average molecular weight is 293 g/mol. The van der Waals surface area contributed by atoms with Gasteiger partial charge in [-0.1, -0.05) is 13.8 Å². The quantitative estimate of drug-likeness (QED) is 0.791. The van der Waals surface area contributed by atoms with Crippen LogP contribution in [0.3, 0.4) is 0 Å². The number of hydrogen-bond donors (Lipinski definition) is 3. The van der Waals surface area contributed by atoms with Crippen LogP contribution in [-0.2, 0) is 4.79 Å². The van der Waals surface area contributed by atoms with Gasteiger partial charge in [0.2, 0.25) is 5.91 Å². The molecule has 0 aliphatic rings. The topological polar surface area (TPSA) is 92.9 Å². The minimum Gasteiger partial charge on any atom is -0.383 e. The predicted molar refractivity (Wildman–Crippen MR) is 86.3 cm³/mol. The number of carbonyl (C=O) groups is 1. The number of nitrogens with two attached hydrogens (primary N) is 1. The lowest BCUT2D eigenvalue weighted by Gasteiger charge is -2.24. The lowest BCUT2D eigenvalue weighted by molar-refractivity contribution is -0.122. The minimum absolute atomic E-state index is 0.0785. The first-order valence-electron chi connectivity index (χ1n) is 7.24. The van der Waals surface area contributed by atoms with Crippen LogP contribution in [-0.4, -0.2) is 27.5 Å². The van der Waals surface area contributed by atoms with Gasteiger partial charge in [0.05, 0.1) is 0 Å². The molecule has 0 saturated heterocycles. The van der Waals surface area contributed by atoms with E-state index in [1.54, 1.807) is 6.92 Å². The van der Waals surface area contributed by atoms with Crippen molar-refractivity contribution in [3.63, 3.8) is 0 Å². The molecule has 0 aromatic carbocycles. The molecule has 0 aliphatic heterocycles. The Hall–Kier alpha value is -1.85. The number of aromatic nitrogens is 2. The number of carbonyl (C=O) groups excluding carboxylic acids is 1. The Bertz CT molecular complexity index is 520. The molecule has 0 radical (unpaired) electrons.